The van der Waals surface area contributed by atoms with Crippen LogP contribution in [0, 0.1) is 0 Å². The standard InChI is InChI=1S/C17H28N2O2S2/c1-2-21-14(20)13-15-22-16(18-9-5-3-6-10-18)17(23-15)19-11-7-4-8-12-19/h13,16-17H,2-12H2,1H3/t16-,17-/m0/s1. The molecule has 0 radical (unpaired) electrons. The SMILES string of the molecule is CCOC(=O)C=C1S[C@H](N2CCCCC2)[C@@H](N2CCCCC2)S1. The van der Waals surface area contributed by atoms with E-state index in [-0.39, 0.29) is 5.97 Å². The van der Waals surface area contributed by atoms with Gasteiger partial charge in [0, 0.05) is 6.08 Å². The average molecular weight is 357 g/mol. The van der Waals surface area contributed by atoms with Crippen LogP contribution in [0.5, 0.6) is 0 Å². The zero-order valence-electron chi connectivity index (χ0n) is 14.0. The van der Waals surface area contributed by atoms with Crippen LogP contribution >= 0.6 is 23.5 Å². The van der Waals surface area contributed by atoms with Crippen LogP contribution in [0.1, 0.15) is 45.4 Å². The lowest BCUT2D eigenvalue weighted by atomic mass is 10.1. The molecular formula is C17H28N2O2S2. The van der Waals surface area contributed by atoms with E-state index in [4.69, 9.17) is 4.74 Å². The number of ether oxygens (including phenoxy) is 1. The summed E-state index contributed by atoms with van der Waals surface area (Å²) in [4.78, 5) is 17.1. The van der Waals surface area contributed by atoms with Crippen LogP contribution in [0.25, 0.3) is 0 Å². The van der Waals surface area contributed by atoms with Gasteiger partial charge in [0.2, 0.25) is 0 Å². The molecule has 0 saturated carbocycles. The number of carbonyl (C=O) groups excluding carboxylic acids is 1. The Morgan fingerprint density at radius 2 is 1.48 bits per heavy atom. The molecule has 3 heterocycles. The van der Waals surface area contributed by atoms with Crippen molar-refractivity contribution in [2.24, 2.45) is 0 Å². The molecule has 0 aromatic heterocycles. The summed E-state index contributed by atoms with van der Waals surface area (Å²) in [6.07, 6.45) is 9.68. The number of thioether (sulfide) groups is 2. The van der Waals surface area contributed by atoms with Gasteiger partial charge in [-0.05, 0) is 58.8 Å². The van der Waals surface area contributed by atoms with Crippen molar-refractivity contribution in [1.29, 1.82) is 0 Å². The highest BCUT2D eigenvalue weighted by Crippen LogP contribution is 2.50. The molecular weight excluding hydrogens is 328 g/mol. The van der Waals surface area contributed by atoms with Crippen molar-refractivity contribution >= 4 is 29.5 Å². The minimum Gasteiger partial charge on any atom is -0.463 e. The van der Waals surface area contributed by atoms with Gasteiger partial charge in [-0.3, -0.25) is 9.80 Å². The van der Waals surface area contributed by atoms with E-state index < -0.39 is 0 Å². The number of piperidine rings is 2. The third kappa shape index (κ3) is 4.68. The van der Waals surface area contributed by atoms with Crippen molar-refractivity contribution in [1.82, 2.24) is 9.80 Å². The molecule has 0 aliphatic carbocycles. The van der Waals surface area contributed by atoms with Crippen molar-refractivity contribution in [3.05, 3.63) is 10.3 Å². The molecule has 3 saturated heterocycles. The first-order chi connectivity index (χ1) is 11.3. The molecule has 0 unspecified atom stereocenters. The summed E-state index contributed by atoms with van der Waals surface area (Å²) in [6, 6.07) is 0. The van der Waals surface area contributed by atoms with E-state index in [1.54, 1.807) is 6.08 Å². The lowest BCUT2D eigenvalue weighted by Gasteiger charge is -2.40. The quantitative estimate of drug-likeness (QED) is 0.566. The summed E-state index contributed by atoms with van der Waals surface area (Å²) >= 11 is 3.76. The van der Waals surface area contributed by atoms with Gasteiger partial charge in [0.1, 0.15) is 0 Å². The molecule has 3 aliphatic rings. The van der Waals surface area contributed by atoms with E-state index in [2.05, 4.69) is 9.80 Å². The van der Waals surface area contributed by atoms with Crippen LogP contribution < -0.4 is 0 Å². The number of likely N-dealkylation sites (tertiary alicyclic amines) is 2. The Bertz CT molecular complexity index is 404. The molecule has 0 amide bonds. The van der Waals surface area contributed by atoms with E-state index in [0.717, 1.165) is 4.24 Å². The Morgan fingerprint density at radius 3 is 1.91 bits per heavy atom. The van der Waals surface area contributed by atoms with E-state index in [1.807, 2.05) is 30.4 Å². The normalized spacial score (nSPS) is 30.4. The number of nitrogens with zero attached hydrogens (tertiary/aromatic N) is 2. The summed E-state index contributed by atoms with van der Waals surface area (Å²) < 4.78 is 6.23. The monoisotopic (exact) mass is 356 g/mol. The minimum atomic E-state index is -0.195. The van der Waals surface area contributed by atoms with Crippen LogP contribution in [0.3, 0.4) is 0 Å². The predicted octanol–water partition coefficient (Wildman–Crippen LogP) is 3.49. The van der Waals surface area contributed by atoms with E-state index in [9.17, 15) is 4.79 Å². The molecule has 0 aromatic carbocycles. The molecule has 0 spiro atoms. The molecule has 3 aliphatic heterocycles. The average Bonchev–Trinajstić information content (AvgIpc) is 3.00. The van der Waals surface area contributed by atoms with E-state index >= 15 is 0 Å². The Labute approximate surface area is 148 Å². The first-order valence-corrected chi connectivity index (χ1v) is 10.7. The first kappa shape index (κ1) is 17.6. The second kappa shape index (κ2) is 8.79. The van der Waals surface area contributed by atoms with Crippen molar-refractivity contribution in [2.75, 3.05) is 32.8 Å². The highest BCUT2D eigenvalue weighted by atomic mass is 32.2. The van der Waals surface area contributed by atoms with Crippen molar-refractivity contribution in [3.8, 4) is 0 Å². The van der Waals surface area contributed by atoms with Crippen LogP contribution in [-0.4, -0.2) is 59.3 Å². The van der Waals surface area contributed by atoms with Gasteiger partial charge in [0.25, 0.3) is 0 Å². The van der Waals surface area contributed by atoms with Gasteiger partial charge in [-0.15, -0.1) is 0 Å². The van der Waals surface area contributed by atoms with Gasteiger partial charge < -0.3 is 4.74 Å². The van der Waals surface area contributed by atoms with Gasteiger partial charge >= 0.3 is 5.97 Å². The third-order valence-corrected chi connectivity index (χ3v) is 7.79. The summed E-state index contributed by atoms with van der Waals surface area (Å²) in [7, 11) is 0. The maximum atomic E-state index is 11.8. The Balaban J connectivity index is 1.71. The van der Waals surface area contributed by atoms with Crippen molar-refractivity contribution in [2.45, 2.75) is 56.2 Å². The van der Waals surface area contributed by atoms with Crippen LogP contribution in [0.2, 0.25) is 0 Å². The molecule has 3 fully saturated rings. The summed E-state index contributed by atoms with van der Waals surface area (Å²) in [5, 5.41) is 0.971. The van der Waals surface area contributed by atoms with Crippen molar-refractivity contribution in [3.63, 3.8) is 0 Å². The molecule has 0 bridgehead atoms. The number of hydrogen-bond donors (Lipinski definition) is 0. The summed E-state index contributed by atoms with van der Waals surface area (Å²) in [6.45, 7) is 7.12. The second-order valence-electron chi connectivity index (χ2n) is 6.43. The van der Waals surface area contributed by atoms with Crippen LogP contribution in [-0.2, 0) is 9.53 Å². The number of carbonyl (C=O) groups is 1. The van der Waals surface area contributed by atoms with Crippen LogP contribution in [0.4, 0.5) is 0 Å². The zero-order chi connectivity index (χ0) is 16.1. The fraction of sp³-hybridized carbons (Fsp3) is 0.824. The highest BCUT2D eigenvalue weighted by molar-refractivity contribution is 8.25. The fourth-order valence-corrected chi connectivity index (χ4v) is 6.83. The molecule has 6 heteroatoms. The molecule has 4 nitrogen and oxygen atoms in total. The topological polar surface area (TPSA) is 32.8 Å². The third-order valence-electron chi connectivity index (χ3n) is 4.74. The van der Waals surface area contributed by atoms with E-state index in [1.165, 1.54) is 64.7 Å². The predicted molar refractivity (Wildman–Crippen MR) is 98.3 cm³/mol. The minimum absolute atomic E-state index is 0.195. The van der Waals surface area contributed by atoms with Crippen LogP contribution in [0.15, 0.2) is 10.3 Å². The summed E-state index contributed by atoms with van der Waals surface area (Å²) in [5.41, 5.74) is 0. The Hall–Kier alpha value is -0.170. The van der Waals surface area contributed by atoms with Gasteiger partial charge in [0.15, 0.2) is 0 Å². The van der Waals surface area contributed by atoms with Crippen molar-refractivity contribution < 1.29 is 9.53 Å². The maximum absolute atomic E-state index is 11.8. The Kier molecular flexibility index (Phi) is 6.74. The number of hydrogen-bond acceptors (Lipinski definition) is 6. The zero-order valence-corrected chi connectivity index (χ0v) is 15.7. The Morgan fingerprint density at radius 1 is 1.00 bits per heavy atom. The maximum Gasteiger partial charge on any atom is 0.332 e. The highest BCUT2D eigenvalue weighted by Gasteiger charge is 2.40. The summed E-state index contributed by atoms with van der Waals surface area (Å²) in [5.74, 6) is -0.195. The lowest BCUT2D eigenvalue weighted by molar-refractivity contribution is -0.137. The molecule has 23 heavy (non-hydrogen) atoms. The van der Waals surface area contributed by atoms with Gasteiger partial charge in [-0.2, -0.15) is 0 Å². The molecule has 0 aromatic rings. The van der Waals surface area contributed by atoms with E-state index in [0.29, 0.717) is 17.4 Å². The first-order valence-electron chi connectivity index (χ1n) is 8.98. The van der Waals surface area contributed by atoms with Gasteiger partial charge in [0.05, 0.1) is 21.6 Å². The molecule has 2 atom stereocenters. The molecule has 3 rings (SSSR count). The fourth-order valence-electron chi connectivity index (χ4n) is 3.59. The lowest BCUT2D eigenvalue weighted by Crippen LogP contribution is -2.49. The smallest absolute Gasteiger partial charge is 0.332 e. The largest absolute Gasteiger partial charge is 0.463 e. The number of rotatable bonds is 4. The van der Waals surface area contributed by atoms with Gasteiger partial charge in [-0.25, -0.2) is 4.79 Å². The molecule has 130 valence electrons. The number of esters is 1. The second-order valence-corrected chi connectivity index (χ2v) is 9.00. The van der Waals surface area contributed by atoms with Gasteiger partial charge in [-0.1, -0.05) is 36.4 Å². The molecule has 0 N–H and O–H groups in total.